The summed E-state index contributed by atoms with van der Waals surface area (Å²) < 4.78 is 0. The first-order chi connectivity index (χ1) is 6.70. The van der Waals surface area contributed by atoms with E-state index in [4.69, 9.17) is 5.73 Å². The fourth-order valence-corrected chi connectivity index (χ4v) is 1.95. The van der Waals surface area contributed by atoms with E-state index in [1.165, 1.54) is 0 Å². The third-order valence-corrected chi connectivity index (χ3v) is 2.79. The van der Waals surface area contributed by atoms with Crippen molar-refractivity contribution in [1.82, 2.24) is 4.90 Å². The molecule has 1 aliphatic rings. The Balaban J connectivity index is 2.26. The van der Waals surface area contributed by atoms with Gasteiger partial charge < -0.3 is 10.6 Å². The molecule has 0 spiro atoms. The van der Waals surface area contributed by atoms with E-state index in [0.29, 0.717) is 0 Å². The molecule has 74 valence electrons. The smallest absolute Gasteiger partial charge is 0.239 e. The Morgan fingerprint density at radius 2 is 2.00 bits per heavy atom. The lowest BCUT2D eigenvalue weighted by Gasteiger charge is -2.19. The molecule has 0 aromatic heterocycles. The van der Waals surface area contributed by atoms with Gasteiger partial charge in [0.1, 0.15) is 0 Å². The zero-order valence-electron chi connectivity index (χ0n) is 8.18. The third-order valence-electron chi connectivity index (χ3n) is 2.79. The van der Waals surface area contributed by atoms with Gasteiger partial charge >= 0.3 is 0 Å². The first-order valence-corrected chi connectivity index (χ1v) is 4.77. The van der Waals surface area contributed by atoms with Crippen LogP contribution in [-0.4, -0.2) is 23.9 Å². The molecule has 3 nitrogen and oxygen atoms in total. The minimum atomic E-state index is -0.329. The number of likely N-dealkylation sites (tertiary alicyclic amines) is 1. The maximum atomic E-state index is 11.5. The Morgan fingerprint density at radius 1 is 1.36 bits per heavy atom. The van der Waals surface area contributed by atoms with Crippen molar-refractivity contribution in [2.45, 2.75) is 18.5 Å². The predicted molar refractivity (Wildman–Crippen MR) is 54.5 cm³/mol. The molecule has 1 aromatic rings. The van der Waals surface area contributed by atoms with Gasteiger partial charge in [-0.15, -0.1) is 0 Å². The van der Waals surface area contributed by atoms with Gasteiger partial charge in [-0.3, -0.25) is 4.79 Å². The molecule has 3 heteroatoms. The molecule has 0 radical (unpaired) electrons. The van der Waals surface area contributed by atoms with Gasteiger partial charge in [-0.05, 0) is 12.0 Å². The largest absolute Gasteiger partial charge is 0.337 e. The van der Waals surface area contributed by atoms with E-state index in [9.17, 15) is 4.79 Å². The van der Waals surface area contributed by atoms with Crippen LogP contribution in [0.4, 0.5) is 0 Å². The Bertz CT molecular complexity index is 336. The molecule has 1 fully saturated rings. The molecule has 2 N–H and O–H groups in total. The highest BCUT2D eigenvalue weighted by atomic mass is 16.2. The normalized spacial score (nSPS) is 27.0. The van der Waals surface area contributed by atoms with Crippen molar-refractivity contribution in [1.29, 1.82) is 0 Å². The molecule has 0 bridgehead atoms. The fraction of sp³-hybridized carbons (Fsp3) is 0.364. The number of amides is 1. The lowest BCUT2D eigenvalue weighted by molar-refractivity contribution is -0.128. The van der Waals surface area contributed by atoms with Crippen molar-refractivity contribution in [3.63, 3.8) is 0 Å². The topological polar surface area (TPSA) is 46.3 Å². The van der Waals surface area contributed by atoms with Crippen molar-refractivity contribution in [3.8, 4) is 0 Å². The van der Waals surface area contributed by atoms with E-state index in [0.717, 1.165) is 12.0 Å². The quantitative estimate of drug-likeness (QED) is 0.715. The first-order valence-electron chi connectivity index (χ1n) is 4.77. The van der Waals surface area contributed by atoms with Crippen molar-refractivity contribution in [2.75, 3.05) is 7.05 Å². The van der Waals surface area contributed by atoms with Crippen LogP contribution in [0.1, 0.15) is 18.0 Å². The maximum absolute atomic E-state index is 11.5. The minimum Gasteiger partial charge on any atom is -0.337 e. The van der Waals surface area contributed by atoms with Gasteiger partial charge in [0.25, 0.3) is 0 Å². The van der Waals surface area contributed by atoms with Crippen molar-refractivity contribution < 1.29 is 4.79 Å². The van der Waals surface area contributed by atoms with Gasteiger partial charge in [-0.1, -0.05) is 30.3 Å². The molecule has 0 unspecified atom stereocenters. The van der Waals surface area contributed by atoms with Crippen LogP contribution in [-0.2, 0) is 4.79 Å². The lowest BCUT2D eigenvalue weighted by atomic mass is 10.0. The maximum Gasteiger partial charge on any atom is 0.239 e. The molecule has 1 amide bonds. The second kappa shape index (κ2) is 3.42. The van der Waals surface area contributed by atoms with Crippen molar-refractivity contribution in [3.05, 3.63) is 35.9 Å². The summed E-state index contributed by atoms with van der Waals surface area (Å²) in [6.07, 6.45) is 0.722. The predicted octanol–water partition coefficient (Wildman–Crippen LogP) is 0.917. The van der Waals surface area contributed by atoms with Gasteiger partial charge in [0.05, 0.1) is 12.1 Å². The van der Waals surface area contributed by atoms with E-state index in [-0.39, 0.29) is 18.0 Å². The Morgan fingerprint density at radius 3 is 2.50 bits per heavy atom. The lowest BCUT2D eigenvalue weighted by Crippen LogP contribution is -2.31. The summed E-state index contributed by atoms with van der Waals surface area (Å²) in [4.78, 5) is 13.2. The summed E-state index contributed by atoms with van der Waals surface area (Å²) in [6, 6.07) is 9.83. The fourth-order valence-electron chi connectivity index (χ4n) is 1.95. The number of hydrogen-bond acceptors (Lipinski definition) is 2. The number of carbonyl (C=O) groups excluding carboxylic acids is 1. The Kier molecular flexibility index (Phi) is 2.25. The van der Waals surface area contributed by atoms with Crippen LogP contribution >= 0.6 is 0 Å². The second-order valence-corrected chi connectivity index (χ2v) is 3.72. The van der Waals surface area contributed by atoms with Crippen LogP contribution in [0, 0.1) is 0 Å². The molecule has 0 aliphatic carbocycles. The molecule has 1 heterocycles. The van der Waals surface area contributed by atoms with Crippen molar-refractivity contribution >= 4 is 5.91 Å². The zero-order valence-corrected chi connectivity index (χ0v) is 8.18. The molecule has 14 heavy (non-hydrogen) atoms. The molecule has 0 saturated carbocycles. The van der Waals surface area contributed by atoms with Gasteiger partial charge in [-0.2, -0.15) is 0 Å². The Hall–Kier alpha value is -1.35. The molecular weight excluding hydrogens is 176 g/mol. The summed E-state index contributed by atoms with van der Waals surface area (Å²) in [5.41, 5.74) is 6.87. The second-order valence-electron chi connectivity index (χ2n) is 3.72. The molecule has 2 atom stereocenters. The van der Waals surface area contributed by atoms with Crippen LogP contribution in [0.3, 0.4) is 0 Å². The van der Waals surface area contributed by atoms with Crippen LogP contribution in [0.25, 0.3) is 0 Å². The number of likely N-dealkylation sites (N-methyl/N-ethyl adjacent to an activating group) is 1. The van der Waals surface area contributed by atoms with E-state index >= 15 is 0 Å². The molecular formula is C11H14N2O. The van der Waals surface area contributed by atoms with E-state index < -0.39 is 0 Å². The molecule has 1 aliphatic heterocycles. The highest BCUT2D eigenvalue weighted by molar-refractivity contribution is 5.84. The monoisotopic (exact) mass is 190 g/mol. The summed E-state index contributed by atoms with van der Waals surface area (Å²) >= 11 is 0. The number of hydrogen-bond donors (Lipinski definition) is 1. The number of carbonyl (C=O) groups is 1. The van der Waals surface area contributed by atoms with Gasteiger partial charge in [0, 0.05) is 7.05 Å². The Labute approximate surface area is 83.5 Å². The SMILES string of the molecule is CN1C(=O)[C@H](N)C[C@@H]1c1ccccc1. The van der Waals surface area contributed by atoms with Crippen LogP contribution in [0.5, 0.6) is 0 Å². The van der Waals surface area contributed by atoms with Crippen molar-refractivity contribution in [2.24, 2.45) is 5.73 Å². The number of rotatable bonds is 1. The summed E-state index contributed by atoms with van der Waals surface area (Å²) in [6.45, 7) is 0. The van der Waals surface area contributed by atoms with Crippen LogP contribution in [0.2, 0.25) is 0 Å². The number of nitrogens with zero attached hydrogens (tertiary/aromatic N) is 1. The minimum absolute atomic E-state index is 0.0406. The zero-order chi connectivity index (χ0) is 10.1. The average molecular weight is 190 g/mol. The summed E-state index contributed by atoms with van der Waals surface area (Å²) in [7, 11) is 1.81. The molecule has 2 rings (SSSR count). The number of nitrogens with two attached hydrogens (primary N) is 1. The van der Waals surface area contributed by atoms with E-state index in [2.05, 4.69) is 0 Å². The van der Waals surface area contributed by atoms with Gasteiger partial charge in [0.2, 0.25) is 5.91 Å². The highest BCUT2D eigenvalue weighted by Gasteiger charge is 2.35. The summed E-state index contributed by atoms with van der Waals surface area (Å²) in [5, 5.41) is 0. The molecule has 1 aromatic carbocycles. The first kappa shape index (κ1) is 9.21. The van der Waals surface area contributed by atoms with E-state index in [1.54, 1.807) is 4.90 Å². The number of benzene rings is 1. The van der Waals surface area contributed by atoms with Crippen LogP contribution < -0.4 is 5.73 Å². The van der Waals surface area contributed by atoms with Gasteiger partial charge in [-0.25, -0.2) is 0 Å². The highest BCUT2D eigenvalue weighted by Crippen LogP contribution is 2.30. The van der Waals surface area contributed by atoms with E-state index in [1.807, 2.05) is 37.4 Å². The average Bonchev–Trinajstić information content (AvgIpc) is 2.47. The third kappa shape index (κ3) is 1.40. The summed E-state index contributed by atoms with van der Waals surface area (Å²) in [5.74, 6) is 0.0406. The van der Waals surface area contributed by atoms with Gasteiger partial charge in [0.15, 0.2) is 0 Å². The standard InChI is InChI=1S/C11H14N2O/c1-13-10(7-9(12)11(13)14)8-5-3-2-4-6-8/h2-6,9-10H,7,12H2,1H3/t9-,10-/m1/s1. The van der Waals surface area contributed by atoms with Crippen LogP contribution in [0.15, 0.2) is 30.3 Å². The molecule has 1 saturated heterocycles.